The van der Waals surface area contributed by atoms with Gasteiger partial charge in [0.05, 0.1) is 6.42 Å². The minimum absolute atomic E-state index is 0.278. The highest BCUT2D eigenvalue weighted by Gasteiger charge is 2.34. The topological polar surface area (TPSA) is 23.6 Å². The highest BCUT2D eigenvalue weighted by Crippen LogP contribution is 2.29. The Kier molecular flexibility index (Phi) is 5.60. The predicted octanol–water partition coefficient (Wildman–Crippen LogP) is 4.70. The van der Waals surface area contributed by atoms with E-state index in [1.807, 2.05) is 0 Å². The van der Waals surface area contributed by atoms with Crippen molar-refractivity contribution in [3.63, 3.8) is 0 Å². The second-order valence-electron chi connectivity index (χ2n) is 7.95. The van der Waals surface area contributed by atoms with Crippen molar-refractivity contribution in [2.75, 3.05) is 20.1 Å². The monoisotopic (exact) mass is 370 g/mol. The number of hydrogen-bond acceptors (Lipinski definition) is 3. The van der Waals surface area contributed by atoms with Gasteiger partial charge in [0, 0.05) is 23.8 Å². The van der Waals surface area contributed by atoms with Crippen LogP contribution in [0, 0.1) is 0 Å². The number of rotatable bonds is 4. The molecule has 2 atom stereocenters. The van der Waals surface area contributed by atoms with E-state index in [1.165, 1.54) is 67.3 Å². The van der Waals surface area contributed by atoms with Crippen LogP contribution < -0.4 is 0 Å². The Labute approximate surface area is 161 Å². The van der Waals surface area contributed by atoms with E-state index in [0.717, 1.165) is 6.42 Å². The van der Waals surface area contributed by atoms with E-state index in [-0.39, 0.29) is 5.91 Å². The van der Waals surface area contributed by atoms with E-state index in [0.29, 0.717) is 18.5 Å². The van der Waals surface area contributed by atoms with Crippen molar-refractivity contribution in [1.29, 1.82) is 0 Å². The molecule has 2 aliphatic rings. The summed E-state index contributed by atoms with van der Waals surface area (Å²) in [7, 11) is 2.05. The summed E-state index contributed by atoms with van der Waals surface area (Å²) in [5.74, 6) is 0.278. The number of likely N-dealkylation sites (tertiary alicyclic amines) is 1. The van der Waals surface area contributed by atoms with Crippen LogP contribution in [-0.4, -0.2) is 47.9 Å². The van der Waals surface area contributed by atoms with Gasteiger partial charge in [-0.25, -0.2) is 0 Å². The molecule has 2 fully saturated rings. The molecule has 1 amide bonds. The Hall–Kier alpha value is -1.39. The molecule has 4 heteroatoms. The molecule has 140 valence electrons. The average Bonchev–Trinajstić information content (AvgIpc) is 3.29. The molecule has 0 unspecified atom stereocenters. The predicted molar refractivity (Wildman–Crippen MR) is 110 cm³/mol. The number of carbonyl (C=O) groups is 1. The first-order valence-electron chi connectivity index (χ1n) is 10.2. The van der Waals surface area contributed by atoms with Gasteiger partial charge in [-0.1, -0.05) is 31.4 Å². The van der Waals surface area contributed by atoms with Crippen molar-refractivity contribution < 1.29 is 4.79 Å². The number of hydrogen-bond donors (Lipinski definition) is 0. The summed E-state index contributed by atoms with van der Waals surface area (Å²) in [4.78, 5) is 17.9. The third-order valence-corrected chi connectivity index (χ3v) is 7.25. The van der Waals surface area contributed by atoms with Gasteiger partial charge in [0.25, 0.3) is 0 Å². The van der Waals surface area contributed by atoms with Crippen LogP contribution in [0.5, 0.6) is 0 Å². The summed E-state index contributed by atoms with van der Waals surface area (Å²) in [5, 5.41) is 3.37. The number of benzene rings is 1. The zero-order valence-electron chi connectivity index (χ0n) is 15.8. The fraction of sp³-hybridized carbons (Fsp3) is 0.591. The maximum absolute atomic E-state index is 13.2. The molecule has 1 aromatic carbocycles. The van der Waals surface area contributed by atoms with Gasteiger partial charge < -0.3 is 4.90 Å². The molecule has 1 saturated heterocycles. The molecule has 0 N–H and O–H groups in total. The minimum Gasteiger partial charge on any atom is -0.341 e. The summed E-state index contributed by atoms with van der Waals surface area (Å²) in [6.07, 6.45) is 9.46. The lowest BCUT2D eigenvalue weighted by atomic mass is 9.99. The molecule has 2 heterocycles. The standard InChI is InChI=1S/C22H30N2OS/c1-23(19-9-3-2-4-10-20(19)24-13-5-6-14-24)22(25)16-17-8-7-11-21-18(17)12-15-26-21/h7-8,11-12,15,19-20H,2-6,9-10,13-14,16H2,1H3/t19-,20-/m1/s1. The van der Waals surface area contributed by atoms with Crippen LogP contribution in [0.2, 0.25) is 0 Å². The first-order chi connectivity index (χ1) is 12.7. The first-order valence-corrected chi connectivity index (χ1v) is 11.1. The lowest BCUT2D eigenvalue weighted by molar-refractivity contribution is -0.132. The largest absolute Gasteiger partial charge is 0.341 e. The number of likely N-dealkylation sites (N-methyl/N-ethyl adjacent to an activating group) is 1. The van der Waals surface area contributed by atoms with Crippen molar-refractivity contribution in [2.24, 2.45) is 0 Å². The number of nitrogens with zero attached hydrogens (tertiary/aromatic N) is 2. The van der Waals surface area contributed by atoms with Gasteiger partial charge in [0.2, 0.25) is 5.91 Å². The molecule has 1 aliphatic heterocycles. The zero-order chi connectivity index (χ0) is 17.9. The summed E-state index contributed by atoms with van der Waals surface area (Å²) in [6, 6.07) is 9.44. The highest BCUT2D eigenvalue weighted by atomic mass is 32.1. The summed E-state index contributed by atoms with van der Waals surface area (Å²) < 4.78 is 1.28. The molecule has 1 saturated carbocycles. The number of thiophene rings is 1. The number of fused-ring (bicyclic) bond motifs is 1. The molecule has 4 rings (SSSR count). The van der Waals surface area contributed by atoms with Crippen LogP contribution in [-0.2, 0) is 11.2 Å². The fourth-order valence-electron chi connectivity index (χ4n) is 4.90. The van der Waals surface area contributed by atoms with Gasteiger partial charge in [-0.3, -0.25) is 9.69 Å². The van der Waals surface area contributed by atoms with Crippen molar-refractivity contribution in [3.05, 3.63) is 35.2 Å². The first kappa shape index (κ1) is 18.0. The molecule has 0 spiro atoms. The van der Waals surface area contributed by atoms with E-state index in [4.69, 9.17) is 0 Å². The molecule has 3 nitrogen and oxygen atoms in total. The van der Waals surface area contributed by atoms with E-state index < -0.39 is 0 Å². The lowest BCUT2D eigenvalue weighted by Gasteiger charge is -2.39. The zero-order valence-corrected chi connectivity index (χ0v) is 16.6. The molecular formula is C22H30N2OS. The van der Waals surface area contributed by atoms with E-state index >= 15 is 0 Å². The minimum atomic E-state index is 0.278. The highest BCUT2D eigenvalue weighted by molar-refractivity contribution is 7.17. The second kappa shape index (κ2) is 8.10. The van der Waals surface area contributed by atoms with Gasteiger partial charge in [-0.15, -0.1) is 11.3 Å². The molecule has 26 heavy (non-hydrogen) atoms. The fourth-order valence-corrected chi connectivity index (χ4v) is 5.74. The van der Waals surface area contributed by atoms with Crippen molar-refractivity contribution in [3.8, 4) is 0 Å². The Morgan fingerprint density at radius 1 is 1.12 bits per heavy atom. The third kappa shape index (κ3) is 3.67. The van der Waals surface area contributed by atoms with Crippen LogP contribution >= 0.6 is 11.3 Å². The SMILES string of the molecule is CN(C(=O)Cc1cccc2sccc12)[C@@H]1CCCCC[C@H]1N1CCCC1. The maximum Gasteiger partial charge on any atom is 0.227 e. The van der Waals surface area contributed by atoms with Crippen molar-refractivity contribution in [2.45, 2.75) is 63.5 Å². The Balaban J connectivity index is 1.51. The van der Waals surface area contributed by atoms with Gasteiger partial charge in [-0.05, 0) is 67.2 Å². The summed E-state index contributed by atoms with van der Waals surface area (Å²) in [5.41, 5.74) is 1.17. The summed E-state index contributed by atoms with van der Waals surface area (Å²) >= 11 is 1.75. The van der Waals surface area contributed by atoms with E-state index in [2.05, 4.69) is 46.5 Å². The Morgan fingerprint density at radius 3 is 2.77 bits per heavy atom. The Bertz CT molecular complexity index is 749. The van der Waals surface area contributed by atoms with E-state index in [1.54, 1.807) is 11.3 Å². The third-order valence-electron chi connectivity index (χ3n) is 6.37. The van der Waals surface area contributed by atoms with Gasteiger partial charge in [0.15, 0.2) is 0 Å². The van der Waals surface area contributed by atoms with E-state index in [9.17, 15) is 4.79 Å². The molecular weight excluding hydrogens is 340 g/mol. The smallest absolute Gasteiger partial charge is 0.227 e. The Morgan fingerprint density at radius 2 is 1.92 bits per heavy atom. The maximum atomic E-state index is 13.2. The summed E-state index contributed by atoms with van der Waals surface area (Å²) in [6.45, 7) is 2.44. The van der Waals surface area contributed by atoms with Gasteiger partial charge >= 0.3 is 0 Å². The normalized spacial score (nSPS) is 24.7. The average molecular weight is 371 g/mol. The molecule has 1 aliphatic carbocycles. The molecule has 2 aromatic rings. The second-order valence-corrected chi connectivity index (χ2v) is 8.89. The number of amides is 1. The lowest BCUT2D eigenvalue weighted by Crippen LogP contribution is -2.51. The van der Waals surface area contributed by atoms with Crippen LogP contribution in [0.25, 0.3) is 10.1 Å². The van der Waals surface area contributed by atoms with Crippen LogP contribution in [0.4, 0.5) is 0 Å². The van der Waals surface area contributed by atoms with Crippen LogP contribution in [0.3, 0.4) is 0 Å². The van der Waals surface area contributed by atoms with Crippen molar-refractivity contribution >= 4 is 27.3 Å². The van der Waals surface area contributed by atoms with Crippen LogP contribution in [0.1, 0.15) is 50.5 Å². The van der Waals surface area contributed by atoms with Crippen molar-refractivity contribution in [1.82, 2.24) is 9.80 Å². The quantitative estimate of drug-likeness (QED) is 0.728. The number of carbonyl (C=O) groups excluding carboxylic acids is 1. The molecule has 1 aromatic heterocycles. The molecule has 0 bridgehead atoms. The van der Waals surface area contributed by atoms with Crippen LogP contribution in [0.15, 0.2) is 29.6 Å². The molecule has 0 radical (unpaired) electrons. The van der Waals surface area contributed by atoms with Gasteiger partial charge in [0.1, 0.15) is 0 Å². The van der Waals surface area contributed by atoms with Gasteiger partial charge in [-0.2, -0.15) is 0 Å².